The summed E-state index contributed by atoms with van der Waals surface area (Å²) in [6.45, 7) is 14.2. The van der Waals surface area contributed by atoms with Crippen LogP contribution in [0.5, 0.6) is 0 Å². The van der Waals surface area contributed by atoms with Gasteiger partial charge in [-0.2, -0.15) is 5.10 Å². The zero-order valence-corrected chi connectivity index (χ0v) is 16.2. The van der Waals surface area contributed by atoms with Gasteiger partial charge in [-0.15, -0.1) is 0 Å². The summed E-state index contributed by atoms with van der Waals surface area (Å²) in [5.41, 5.74) is 3.64. The molecule has 25 heavy (non-hydrogen) atoms. The van der Waals surface area contributed by atoms with Crippen molar-refractivity contribution in [1.29, 1.82) is 0 Å². The van der Waals surface area contributed by atoms with Gasteiger partial charge in [0, 0.05) is 25.2 Å². The summed E-state index contributed by atoms with van der Waals surface area (Å²) >= 11 is 0. The number of rotatable bonds is 7. The fourth-order valence-corrected chi connectivity index (χ4v) is 3.09. The topological polar surface area (TPSA) is 50.2 Å². The Morgan fingerprint density at radius 1 is 1.12 bits per heavy atom. The highest BCUT2D eigenvalue weighted by Crippen LogP contribution is 2.15. The summed E-state index contributed by atoms with van der Waals surface area (Å²) in [6.07, 6.45) is 1.65. The molecular weight excluding hydrogens is 312 g/mol. The van der Waals surface area contributed by atoms with Gasteiger partial charge in [0.1, 0.15) is 0 Å². The Morgan fingerprint density at radius 3 is 2.28 bits per heavy atom. The lowest BCUT2D eigenvalue weighted by Crippen LogP contribution is -2.42. The van der Waals surface area contributed by atoms with Crippen LogP contribution in [0.3, 0.4) is 0 Å². The minimum atomic E-state index is -0.0664. The van der Waals surface area contributed by atoms with Gasteiger partial charge < -0.3 is 5.32 Å². The molecule has 5 heteroatoms. The first-order valence-corrected chi connectivity index (χ1v) is 8.97. The zero-order valence-electron chi connectivity index (χ0n) is 16.2. The van der Waals surface area contributed by atoms with Crippen molar-refractivity contribution >= 4 is 5.91 Å². The molecule has 0 aliphatic heterocycles. The lowest BCUT2D eigenvalue weighted by Gasteiger charge is -2.30. The monoisotopic (exact) mass is 342 g/mol. The predicted molar refractivity (Wildman–Crippen MR) is 102 cm³/mol. The van der Waals surface area contributed by atoms with Crippen molar-refractivity contribution in [2.75, 3.05) is 13.1 Å². The quantitative estimate of drug-likeness (QED) is 0.839. The molecule has 0 radical (unpaired) electrons. The van der Waals surface area contributed by atoms with Gasteiger partial charge in [-0.25, -0.2) is 4.68 Å². The maximum absolute atomic E-state index is 12.5. The second-order valence-corrected chi connectivity index (χ2v) is 7.07. The molecule has 0 unspecified atom stereocenters. The van der Waals surface area contributed by atoms with Crippen LogP contribution >= 0.6 is 0 Å². The Labute approximate surface area is 151 Å². The Morgan fingerprint density at radius 2 is 1.72 bits per heavy atom. The number of nitrogens with one attached hydrogen (secondary N) is 1. The van der Waals surface area contributed by atoms with Crippen molar-refractivity contribution in [2.24, 2.45) is 0 Å². The smallest absolute Gasteiger partial charge is 0.254 e. The summed E-state index contributed by atoms with van der Waals surface area (Å²) in [6, 6.07) is 9.04. The number of aryl methyl sites for hydroxylation is 1. The minimum Gasteiger partial charge on any atom is -0.351 e. The van der Waals surface area contributed by atoms with Crippen LogP contribution in [0.4, 0.5) is 0 Å². The molecule has 0 fully saturated rings. The highest BCUT2D eigenvalue weighted by atomic mass is 16.1. The van der Waals surface area contributed by atoms with Gasteiger partial charge in [-0.05, 0) is 53.7 Å². The van der Waals surface area contributed by atoms with Crippen LogP contribution in [0.25, 0.3) is 5.69 Å². The van der Waals surface area contributed by atoms with E-state index < -0.39 is 0 Å². The van der Waals surface area contributed by atoms with E-state index in [1.54, 1.807) is 6.20 Å². The van der Waals surface area contributed by atoms with Gasteiger partial charge in [-0.3, -0.25) is 9.69 Å². The van der Waals surface area contributed by atoms with Crippen molar-refractivity contribution < 1.29 is 4.79 Å². The van der Waals surface area contributed by atoms with Gasteiger partial charge in [0.2, 0.25) is 0 Å². The van der Waals surface area contributed by atoms with E-state index in [1.165, 1.54) is 5.56 Å². The first-order chi connectivity index (χ1) is 11.8. The molecule has 5 nitrogen and oxygen atoms in total. The highest BCUT2D eigenvalue weighted by Gasteiger charge is 2.17. The van der Waals surface area contributed by atoms with E-state index in [9.17, 15) is 4.79 Å². The largest absolute Gasteiger partial charge is 0.351 e. The Hall–Kier alpha value is -2.14. The average Bonchev–Trinajstić information content (AvgIpc) is 2.93. The fraction of sp³-hybridized carbons (Fsp3) is 0.500. The molecule has 2 rings (SSSR count). The van der Waals surface area contributed by atoms with E-state index in [0.717, 1.165) is 17.9 Å². The molecule has 1 N–H and O–H groups in total. The van der Waals surface area contributed by atoms with E-state index in [0.29, 0.717) is 24.2 Å². The molecule has 1 aromatic heterocycles. The standard InChI is InChI=1S/C20H30N4O/c1-14(2)23(15(3)4)12-11-21-20(25)19-13-22-24(17(19)6)18-9-7-16(5)8-10-18/h7-10,13-15H,11-12H2,1-6H3,(H,21,25). The molecule has 1 aromatic carbocycles. The van der Waals surface area contributed by atoms with Gasteiger partial charge in [0.25, 0.3) is 5.91 Å². The van der Waals surface area contributed by atoms with Crippen molar-refractivity contribution in [1.82, 2.24) is 20.0 Å². The third kappa shape index (κ3) is 4.69. The summed E-state index contributed by atoms with van der Waals surface area (Å²) in [7, 11) is 0. The van der Waals surface area contributed by atoms with E-state index in [-0.39, 0.29) is 5.91 Å². The number of nitrogens with zero attached hydrogens (tertiary/aromatic N) is 3. The van der Waals surface area contributed by atoms with E-state index >= 15 is 0 Å². The van der Waals surface area contributed by atoms with Gasteiger partial charge in [-0.1, -0.05) is 17.7 Å². The minimum absolute atomic E-state index is 0.0664. The van der Waals surface area contributed by atoms with Crippen LogP contribution in [0, 0.1) is 13.8 Å². The van der Waals surface area contributed by atoms with E-state index in [4.69, 9.17) is 0 Å². The lowest BCUT2D eigenvalue weighted by atomic mass is 10.2. The van der Waals surface area contributed by atoms with Crippen LogP contribution in [0.1, 0.15) is 49.3 Å². The first-order valence-electron chi connectivity index (χ1n) is 8.97. The number of hydrogen-bond acceptors (Lipinski definition) is 3. The van der Waals surface area contributed by atoms with Crippen LogP contribution in [0.15, 0.2) is 30.5 Å². The Kier molecular flexibility index (Phi) is 6.37. The summed E-state index contributed by atoms with van der Waals surface area (Å²) in [5.74, 6) is -0.0664. The molecule has 136 valence electrons. The number of amides is 1. The van der Waals surface area contributed by atoms with Crippen molar-refractivity contribution in [3.63, 3.8) is 0 Å². The second-order valence-electron chi connectivity index (χ2n) is 7.07. The maximum Gasteiger partial charge on any atom is 0.254 e. The maximum atomic E-state index is 12.5. The molecule has 0 saturated heterocycles. The molecule has 0 atom stereocenters. The number of hydrogen-bond donors (Lipinski definition) is 1. The molecule has 0 bridgehead atoms. The lowest BCUT2D eigenvalue weighted by molar-refractivity contribution is 0.0938. The first kappa shape index (κ1) is 19.2. The molecule has 0 saturated carbocycles. The fourth-order valence-electron chi connectivity index (χ4n) is 3.09. The molecule has 0 aliphatic carbocycles. The number of benzene rings is 1. The number of carbonyl (C=O) groups is 1. The number of aromatic nitrogens is 2. The SMILES string of the molecule is Cc1ccc(-n2ncc(C(=O)NCCN(C(C)C)C(C)C)c2C)cc1. The Bertz CT molecular complexity index is 693. The predicted octanol–water partition coefficient (Wildman–Crippen LogP) is 3.34. The van der Waals surface area contributed by atoms with Crippen LogP contribution in [-0.2, 0) is 0 Å². The molecule has 1 heterocycles. The molecule has 0 spiro atoms. The molecule has 0 aliphatic rings. The van der Waals surface area contributed by atoms with Crippen molar-refractivity contribution in [3.8, 4) is 5.69 Å². The third-order valence-corrected chi connectivity index (χ3v) is 4.52. The van der Waals surface area contributed by atoms with Crippen molar-refractivity contribution in [3.05, 3.63) is 47.3 Å². The van der Waals surface area contributed by atoms with E-state index in [1.807, 2.05) is 35.9 Å². The number of carbonyl (C=O) groups excluding carboxylic acids is 1. The second kappa shape index (κ2) is 8.30. The Balaban J connectivity index is 2.02. The summed E-state index contributed by atoms with van der Waals surface area (Å²) in [5, 5.41) is 7.40. The normalized spacial score (nSPS) is 11.6. The average molecular weight is 342 g/mol. The molecule has 2 aromatic rings. The molecule has 1 amide bonds. The van der Waals surface area contributed by atoms with Gasteiger partial charge >= 0.3 is 0 Å². The van der Waals surface area contributed by atoms with Crippen LogP contribution < -0.4 is 5.32 Å². The van der Waals surface area contributed by atoms with E-state index in [2.05, 4.69) is 49.9 Å². The van der Waals surface area contributed by atoms with Gasteiger partial charge in [0.15, 0.2) is 0 Å². The van der Waals surface area contributed by atoms with Gasteiger partial charge in [0.05, 0.1) is 23.1 Å². The van der Waals surface area contributed by atoms with Crippen LogP contribution in [0.2, 0.25) is 0 Å². The third-order valence-electron chi connectivity index (χ3n) is 4.52. The summed E-state index contributed by atoms with van der Waals surface area (Å²) in [4.78, 5) is 14.9. The van der Waals surface area contributed by atoms with Crippen LogP contribution in [-0.4, -0.2) is 45.8 Å². The summed E-state index contributed by atoms with van der Waals surface area (Å²) < 4.78 is 1.81. The highest BCUT2D eigenvalue weighted by molar-refractivity contribution is 5.95. The zero-order chi connectivity index (χ0) is 18.6. The molecular formula is C20H30N4O. The van der Waals surface area contributed by atoms with Crippen molar-refractivity contribution in [2.45, 2.75) is 53.6 Å².